The van der Waals surface area contributed by atoms with E-state index in [1.54, 1.807) is 41.7 Å². The van der Waals surface area contributed by atoms with Gasteiger partial charge in [0.2, 0.25) is 0 Å². The van der Waals surface area contributed by atoms with E-state index < -0.39 is 17.7 Å². The highest BCUT2D eigenvalue weighted by Gasteiger charge is 2.45. The summed E-state index contributed by atoms with van der Waals surface area (Å²) >= 11 is 0. The van der Waals surface area contributed by atoms with Crippen LogP contribution >= 0.6 is 0 Å². The second kappa shape index (κ2) is 10.2. The molecular weight excluding hydrogens is 418 g/mol. The van der Waals surface area contributed by atoms with Gasteiger partial charge < -0.3 is 19.3 Å². The molecule has 1 amide bonds. The summed E-state index contributed by atoms with van der Waals surface area (Å²) in [5, 5.41) is 11.1. The lowest BCUT2D eigenvalue weighted by molar-refractivity contribution is -0.139. The van der Waals surface area contributed by atoms with Crippen molar-refractivity contribution >= 4 is 17.4 Å². The summed E-state index contributed by atoms with van der Waals surface area (Å²) in [5.41, 5.74) is 1.32. The number of nitrogens with zero attached hydrogens (tertiary/aromatic N) is 3. The molecule has 0 bridgehead atoms. The van der Waals surface area contributed by atoms with Gasteiger partial charge in [-0.1, -0.05) is 49.4 Å². The highest BCUT2D eigenvalue weighted by molar-refractivity contribution is 6.46. The largest absolute Gasteiger partial charge is 0.507 e. The molecule has 0 saturated carbocycles. The van der Waals surface area contributed by atoms with Gasteiger partial charge in [0.05, 0.1) is 24.5 Å². The Morgan fingerprint density at radius 1 is 1.09 bits per heavy atom. The Hall–Kier alpha value is -3.87. The standard InChI is InChI=1S/C26H27N3O4/c1-2-16-33-21-11-6-10-20(17-21)23-22(24(30)19-8-4-3-5-9-19)25(31)26(32)29(23)14-7-13-28-15-12-27-18-28/h3-6,8-12,15,17-18,23,30H,2,7,13-14,16H2,1H3. The third-order valence-electron chi connectivity index (χ3n) is 5.61. The molecule has 2 aromatic carbocycles. The number of carbonyl (C=O) groups excluding carboxylic acids is 2. The molecular formula is C26H27N3O4. The lowest BCUT2D eigenvalue weighted by Crippen LogP contribution is -2.31. The Morgan fingerprint density at radius 3 is 2.64 bits per heavy atom. The van der Waals surface area contributed by atoms with Crippen LogP contribution in [0.4, 0.5) is 0 Å². The molecule has 1 fully saturated rings. The monoisotopic (exact) mass is 445 g/mol. The zero-order valence-electron chi connectivity index (χ0n) is 18.6. The smallest absolute Gasteiger partial charge is 0.295 e. The molecule has 1 aliphatic rings. The van der Waals surface area contributed by atoms with Crippen molar-refractivity contribution in [1.82, 2.24) is 14.5 Å². The van der Waals surface area contributed by atoms with Crippen molar-refractivity contribution in [3.8, 4) is 5.75 Å². The van der Waals surface area contributed by atoms with E-state index in [1.165, 1.54) is 0 Å². The average molecular weight is 446 g/mol. The Bertz CT molecular complexity index is 1140. The van der Waals surface area contributed by atoms with E-state index in [2.05, 4.69) is 4.98 Å². The Morgan fingerprint density at radius 2 is 1.91 bits per heavy atom. The maximum absolute atomic E-state index is 13.1. The Kier molecular flexibility index (Phi) is 6.88. The van der Waals surface area contributed by atoms with Crippen molar-refractivity contribution in [2.75, 3.05) is 13.2 Å². The van der Waals surface area contributed by atoms with Gasteiger partial charge in [0.15, 0.2) is 0 Å². The van der Waals surface area contributed by atoms with Gasteiger partial charge >= 0.3 is 0 Å². The molecule has 0 spiro atoms. The number of amides is 1. The van der Waals surface area contributed by atoms with Crippen LogP contribution in [0, 0.1) is 0 Å². The van der Waals surface area contributed by atoms with Crippen LogP contribution in [0.15, 0.2) is 78.9 Å². The minimum Gasteiger partial charge on any atom is -0.507 e. The molecule has 7 nitrogen and oxygen atoms in total. The van der Waals surface area contributed by atoms with Crippen LogP contribution < -0.4 is 4.74 Å². The fourth-order valence-corrected chi connectivity index (χ4v) is 4.05. The zero-order valence-corrected chi connectivity index (χ0v) is 18.6. The lowest BCUT2D eigenvalue weighted by atomic mass is 9.95. The average Bonchev–Trinajstić information content (AvgIpc) is 3.45. The van der Waals surface area contributed by atoms with E-state index in [1.807, 2.05) is 48.0 Å². The van der Waals surface area contributed by atoms with E-state index in [0.29, 0.717) is 37.4 Å². The number of ketones is 1. The quantitative estimate of drug-likeness (QED) is 0.303. The minimum absolute atomic E-state index is 0.0986. The first kappa shape index (κ1) is 22.3. The van der Waals surface area contributed by atoms with Gasteiger partial charge in [-0.15, -0.1) is 0 Å². The van der Waals surface area contributed by atoms with Crippen LogP contribution in [0.25, 0.3) is 5.76 Å². The third kappa shape index (κ3) is 4.82. The Labute approximate surface area is 192 Å². The number of ether oxygens (including phenoxy) is 1. The molecule has 1 atom stereocenters. The lowest BCUT2D eigenvalue weighted by Gasteiger charge is -2.25. The summed E-state index contributed by atoms with van der Waals surface area (Å²) in [6.07, 6.45) is 6.78. The molecule has 0 aliphatic carbocycles. The summed E-state index contributed by atoms with van der Waals surface area (Å²) in [6.45, 7) is 3.62. The minimum atomic E-state index is -0.696. The molecule has 2 heterocycles. The van der Waals surface area contributed by atoms with Gasteiger partial charge in [-0.05, 0) is 30.5 Å². The topological polar surface area (TPSA) is 84.7 Å². The first-order valence-electron chi connectivity index (χ1n) is 11.1. The highest BCUT2D eigenvalue weighted by Crippen LogP contribution is 2.40. The van der Waals surface area contributed by atoms with Gasteiger partial charge in [-0.3, -0.25) is 9.59 Å². The zero-order chi connectivity index (χ0) is 23.2. The highest BCUT2D eigenvalue weighted by atomic mass is 16.5. The fraction of sp³-hybridized carbons (Fsp3) is 0.269. The van der Waals surface area contributed by atoms with Crippen molar-refractivity contribution in [2.24, 2.45) is 0 Å². The summed E-state index contributed by atoms with van der Waals surface area (Å²) < 4.78 is 7.70. The molecule has 170 valence electrons. The molecule has 1 aromatic heterocycles. The van der Waals surface area contributed by atoms with E-state index in [0.717, 1.165) is 12.0 Å². The second-order valence-electron chi connectivity index (χ2n) is 7.93. The van der Waals surface area contributed by atoms with Crippen LogP contribution in [-0.4, -0.2) is 44.4 Å². The first-order valence-corrected chi connectivity index (χ1v) is 11.1. The maximum atomic E-state index is 13.1. The van der Waals surface area contributed by atoms with Crippen LogP contribution in [0.2, 0.25) is 0 Å². The summed E-state index contributed by atoms with van der Waals surface area (Å²) in [7, 11) is 0. The number of imidazole rings is 1. The number of aliphatic hydroxyl groups excluding tert-OH is 1. The van der Waals surface area contributed by atoms with Crippen molar-refractivity contribution < 1.29 is 19.4 Å². The van der Waals surface area contributed by atoms with Crippen molar-refractivity contribution in [1.29, 1.82) is 0 Å². The number of hydrogen-bond donors (Lipinski definition) is 1. The number of benzene rings is 2. The maximum Gasteiger partial charge on any atom is 0.295 e. The number of aliphatic hydroxyl groups is 1. The van der Waals surface area contributed by atoms with Gasteiger partial charge in [0, 0.05) is 31.0 Å². The van der Waals surface area contributed by atoms with E-state index in [4.69, 9.17) is 4.74 Å². The molecule has 7 heteroatoms. The fourth-order valence-electron chi connectivity index (χ4n) is 4.05. The predicted octanol–water partition coefficient (Wildman–Crippen LogP) is 4.18. The molecule has 1 unspecified atom stereocenters. The van der Waals surface area contributed by atoms with Gasteiger partial charge in [-0.2, -0.15) is 0 Å². The summed E-state index contributed by atoms with van der Waals surface area (Å²) in [4.78, 5) is 31.8. The third-order valence-corrected chi connectivity index (χ3v) is 5.61. The SMILES string of the molecule is CCCOc1cccc(C2C(=C(O)c3ccccc3)C(=O)C(=O)N2CCCn2ccnc2)c1. The molecule has 1 saturated heterocycles. The molecule has 0 radical (unpaired) electrons. The number of aromatic nitrogens is 2. The summed E-state index contributed by atoms with van der Waals surface area (Å²) in [6, 6.07) is 15.5. The van der Waals surface area contributed by atoms with Crippen LogP contribution in [-0.2, 0) is 16.1 Å². The number of hydrogen-bond acceptors (Lipinski definition) is 5. The van der Waals surface area contributed by atoms with E-state index >= 15 is 0 Å². The van der Waals surface area contributed by atoms with Crippen LogP contribution in [0.1, 0.15) is 36.9 Å². The summed E-state index contributed by atoms with van der Waals surface area (Å²) in [5.74, 6) is -0.791. The van der Waals surface area contributed by atoms with Crippen molar-refractivity contribution in [3.63, 3.8) is 0 Å². The number of Topliss-reactive ketones (excluding diaryl/α,β-unsaturated/α-hetero) is 1. The second-order valence-corrected chi connectivity index (χ2v) is 7.93. The normalized spacial score (nSPS) is 17.5. The van der Waals surface area contributed by atoms with Gasteiger partial charge in [-0.25, -0.2) is 4.98 Å². The predicted molar refractivity (Wildman–Crippen MR) is 125 cm³/mol. The number of rotatable bonds is 9. The van der Waals surface area contributed by atoms with Crippen LogP contribution in [0.3, 0.4) is 0 Å². The first-order chi connectivity index (χ1) is 16.1. The van der Waals surface area contributed by atoms with Gasteiger partial charge in [0.1, 0.15) is 11.5 Å². The molecule has 33 heavy (non-hydrogen) atoms. The van der Waals surface area contributed by atoms with Crippen molar-refractivity contribution in [2.45, 2.75) is 32.4 Å². The Balaban J connectivity index is 1.72. The molecule has 3 aromatic rings. The molecule has 1 N–H and O–H groups in total. The van der Waals surface area contributed by atoms with Crippen LogP contribution in [0.5, 0.6) is 5.75 Å². The number of likely N-dealkylation sites (tertiary alicyclic amines) is 1. The van der Waals surface area contributed by atoms with Gasteiger partial charge in [0.25, 0.3) is 11.7 Å². The van der Waals surface area contributed by atoms with E-state index in [9.17, 15) is 14.7 Å². The molecule has 4 rings (SSSR count). The number of carbonyl (C=O) groups is 2. The van der Waals surface area contributed by atoms with Crippen molar-refractivity contribution in [3.05, 3.63) is 90.0 Å². The number of aryl methyl sites for hydroxylation is 1. The molecule has 1 aliphatic heterocycles. The van der Waals surface area contributed by atoms with E-state index in [-0.39, 0.29) is 11.3 Å².